The van der Waals surface area contributed by atoms with Gasteiger partial charge in [-0.15, -0.1) is 0 Å². The van der Waals surface area contributed by atoms with Crippen LogP contribution in [0.5, 0.6) is 5.88 Å². The zero-order valence-electron chi connectivity index (χ0n) is 15.7. The van der Waals surface area contributed by atoms with Crippen LogP contribution in [0.4, 0.5) is 10.5 Å². The van der Waals surface area contributed by atoms with Gasteiger partial charge in [-0.2, -0.15) is 0 Å². The van der Waals surface area contributed by atoms with Crippen molar-refractivity contribution in [1.82, 2.24) is 15.2 Å². The fourth-order valence-electron chi connectivity index (χ4n) is 3.01. The Labute approximate surface area is 165 Å². The van der Waals surface area contributed by atoms with Crippen molar-refractivity contribution in [2.24, 2.45) is 0 Å². The zero-order valence-corrected chi connectivity index (χ0v) is 16.4. The average molecular weight is 389 g/mol. The fraction of sp³-hybridized carbons (Fsp3) is 0.400. The molecule has 1 saturated heterocycles. The number of benzene rings is 1. The van der Waals surface area contributed by atoms with Gasteiger partial charge in [-0.05, 0) is 38.1 Å². The molecule has 1 aliphatic rings. The van der Waals surface area contributed by atoms with E-state index in [-0.39, 0.29) is 12.1 Å². The minimum atomic E-state index is -0.0694. The van der Waals surface area contributed by atoms with E-state index in [2.05, 4.69) is 15.2 Å². The molecule has 0 spiro atoms. The molecule has 0 radical (unpaired) electrons. The lowest BCUT2D eigenvalue weighted by molar-refractivity contribution is 0.193. The molecule has 2 heterocycles. The van der Waals surface area contributed by atoms with Gasteiger partial charge in [-0.25, -0.2) is 9.78 Å². The molecule has 0 aliphatic carbocycles. The van der Waals surface area contributed by atoms with Crippen LogP contribution in [0.2, 0.25) is 5.02 Å². The SMILES string of the molecule is CC(C)Oc1ncccc1CNC(=O)N1CCN(c2cccc(Cl)c2)CC1. The summed E-state index contributed by atoms with van der Waals surface area (Å²) in [5.41, 5.74) is 1.96. The van der Waals surface area contributed by atoms with Crippen LogP contribution in [-0.2, 0) is 6.54 Å². The molecule has 2 amide bonds. The third-order valence-corrected chi connectivity index (χ3v) is 4.60. The Morgan fingerprint density at radius 1 is 1.22 bits per heavy atom. The maximum atomic E-state index is 12.5. The normalized spacial score (nSPS) is 14.4. The standard InChI is InChI=1S/C20H25ClN4O2/c1-15(2)27-19-16(5-4-8-22-19)14-23-20(26)25-11-9-24(10-12-25)18-7-3-6-17(21)13-18/h3-8,13,15H,9-12,14H2,1-2H3,(H,23,26). The molecule has 1 fully saturated rings. The number of rotatable bonds is 5. The summed E-state index contributed by atoms with van der Waals surface area (Å²) in [7, 11) is 0. The lowest BCUT2D eigenvalue weighted by Crippen LogP contribution is -2.51. The highest BCUT2D eigenvalue weighted by Crippen LogP contribution is 2.21. The second kappa shape index (κ2) is 8.95. The maximum Gasteiger partial charge on any atom is 0.317 e. The Morgan fingerprint density at radius 3 is 2.70 bits per heavy atom. The third-order valence-electron chi connectivity index (χ3n) is 4.37. The molecule has 1 aromatic heterocycles. The third kappa shape index (κ3) is 5.26. The zero-order chi connectivity index (χ0) is 19.2. The number of pyridine rings is 1. The smallest absolute Gasteiger partial charge is 0.317 e. The van der Waals surface area contributed by atoms with E-state index < -0.39 is 0 Å². The molecule has 6 nitrogen and oxygen atoms in total. The molecular formula is C20H25ClN4O2. The van der Waals surface area contributed by atoms with Gasteiger partial charge in [0.05, 0.1) is 6.10 Å². The highest BCUT2D eigenvalue weighted by molar-refractivity contribution is 6.30. The minimum absolute atomic E-state index is 0.0360. The van der Waals surface area contributed by atoms with Gasteiger partial charge < -0.3 is 19.9 Å². The number of nitrogens with one attached hydrogen (secondary N) is 1. The molecular weight excluding hydrogens is 364 g/mol. The van der Waals surface area contributed by atoms with E-state index in [9.17, 15) is 4.79 Å². The second-order valence-corrected chi connectivity index (χ2v) is 7.18. The molecule has 2 aromatic rings. The monoisotopic (exact) mass is 388 g/mol. The number of urea groups is 1. The van der Waals surface area contributed by atoms with Crippen LogP contribution in [0.1, 0.15) is 19.4 Å². The highest BCUT2D eigenvalue weighted by Gasteiger charge is 2.21. The Balaban J connectivity index is 1.52. The number of carbonyl (C=O) groups excluding carboxylic acids is 1. The van der Waals surface area contributed by atoms with E-state index in [1.54, 1.807) is 6.20 Å². The van der Waals surface area contributed by atoms with Gasteiger partial charge in [0, 0.05) is 55.2 Å². The fourth-order valence-corrected chi connectivity index (χ4v) is 3.20. The van der Waals surface area contributed by atoms with Gasteiger partial charge in [-0.1, -0.05) is 23.7 Å². The molecule has 1 N–H and O–H groups in total. The summed E-state index contributed by atoms with van der Waals surface area (Å²) in [6, 6.07) is 11.5. The second-order valence-electron chi connectivity index (χ2n) is 6.75. The van der Waals surface area contributed by atoms with Crippen molar-refractivity contribution >= 4 is 23.3 Å². The summed E-state index contributed by atoms with van der Waals surface area (Å²) < 4.78 is 5.70. The highest BCUT2D eigenvalue weighted by atomic mass is 35.5. The van der Waals surface area contributed by atoms with Crippen LogP contribution in [0.3, 0.4) is 0 Å². The van der Waals surface area contributed by atoms with Crippen molar-refractivity contribution in [2.45, 2.75) is 26.5 Å². The lowest BCUT2D eigenvalue weighted by atomic mass is 10.2. The first-order valence-corrected chi connectivity index (χ1v) is 9.54. The van der Waals surface area contributed by atoms with E-state index >= 15 is 0 Å². The van der Waals surface area contributed by atoms with E-state index in [1.165, 1.54) is 0 Å². The largest absolute Gasteiger partial charge is 0.475 e. The number of piperazine rings is 1. The van der Waals surface area contributed by atoms with Crippen molar-refractivity contribution in [3.8, 4) is 5.88 Å². The van der Waals surface area contributed by atoms with Crippen molar-refractivity contribution in [2.75, 3.05) is 31.1 Å². The van der Waals surface area contributed by atoms with Crippen LogP contribution in [-0.4, -0.2) is 48.2 Å². The summed E-state index contributed by atoms with van der Waals surface area (Å²) >= 11 is 6.07. The van der Waals surface area contributed by atoms with Gasteiger partial charge in [0.2, 0.25) is 5.88 Å². The number of carbonyl (C=O) groups is 1. The van der Waals surface area contributed by atoms with Gasteiger partial charge in [-0.3, -0.25) is 0 Å². The van der Waals surface area contributed by atoms with Crippen LogP contribution in [0.25, 0.3) is 0 Å². The minimum Gasteiger partial charge on any atom is -0.475 e. The maximum absolute atomic E-state index is 12.5. The number of anilines is 1. The first-order valence-electron chi connectivity index (χ1n) is 9.17. The van der Waals surface area contributed by atoms with Crippen LogP contribution < -0.4 is 15.0 Å². The van der Waals surface area contributed by atoms with Gasteiger partial charge in [0.1, 0.15) is 0 Å². The topological polar surface area (TPSA) is 57.7 Å². The summed E-state index contributed by atoms with van der Waals surface area (Å²) in [6.07, 6.45) is 1.73. The van der Waals surface area contributed by atoms with Crippen molar-refractivity contribution < 1.29 is 9.53 Å². The van der Waals surface area contributed by atoms with Crippen LogP contribution in [0.15, 0.2) is 42.6 Å². The molecule has 0 saturated carbocycles. The number of ether oxygens (including phenoxy) is 1. The molecule has 144 valence electrons. The molecule has 7 heteroatoms. The van der Waals surface area contributed by atoms with Crippen LogP contribution in [0, 0.1) is 0 Å². The summed E-state index contributed by atoms with van der Waals surface area (Å²) in [5, 5.41) is 3.70. The Hall–Kier alpha value is -2.47. The van der Waals surface area contributed by atoms with Gasteiger partial charge in [0.15, 0.2) is 0 Å². The number of hydrogen-bond acceptors (Lipinski definition) is 4. The number of hydrogen-bond donors (Lipinski definition) is 1. The Kier molecular flexibility index (Phi) is 6.40. The van der Waals surface area contributed by atoms with E-state index in [0.29, 0.717) is 25.5 Å². The predicted octanol–water partition coefficient (Wildman–Crippen LogP) is 3.55. The first-order chi connectivity index (χ1) is 13.0. The number of nitrogens with zero attached hydrogens (tertiary/aromatic N) is 3. The van der Waals surface area contributed by atoms with Crippen molar-refractivity contribution in [3.63, 3.8) is 0 Å². The summed E-state index contributed by atoms with van der Waals surface area (Å²) in [4.78, 5) is 20.8. The van der Waals surface area contributed by atoms with Crippen molar-refractivity contribution in [3.05, 3.63) is 53.2 Å². The van der Waals surface area contributed by atoms with Crippen molar-refractivity contribution in [1.29, 1.82) is 0 Å². The first kappa shape index (κ1) is 19.3. The van der Waals surface area contributed by atoms with E-state index in [0.717, 1.165) is 29.4 Å². The lowest BCUT2D eigenvalue weighted by Gasteiger charge is -2.36. The molecule has 3 rings (SSSR count). The van der Waals surface area contributed by atoms with Gasteiger partial charge in [0.25, 0.3) is 0 Å². The molecule has 0 atom stereocenters. The molecule has 0 unspecified atom stereocenters. The van der Waals surface area contributed by atoms with E-state index in [1.807, 2.05) is 55.1 Å². The average Bonchev–Trinajstić information content (AvgIpc) is 2.67. The molecule has 27 heavy (non-hydrogen) atoms. The quantitative estimate of drug-likeness (QED) is 0.850. The summed E-state index contributed by atoms with van der Waals surface area (Å²) in [5.74, 6) is 0.568. The Morgan fingerprint density at radius 2 is 2.00 bits per heavy atom. The number of halogens is 1. The number of amides is 2. The molecule has 1 aromatic carbocycles. The summed E-state index contributed by atoms with van der Waals surface area (Å²) in [6.45, 7) is 7.20. The van der Waals surface area contributed by atoms with Gasteiger partial charge >= 0.3 is 6.03 Å². The van der Waals surface area contributed by atoms with E-state index in [4.69, 9.17) is 16.3 Å². The molecule has 0 bridgehead atoms. The van der Waals surface area contributed by atoms with Crippen LogP contribution >= 0.6 is 11.6 Å². The number of aromatic nitrogens is 1. The Bertz CT molecular complexity index is 776. The predicted molar refractivity (Wildman–Crippen MR) is 107 cm³/mol. The molecule has 1 aliphatic heterocycles.